The summed E-state index contributed by atoms with van der Waals surface area (Å²) in [6, 6.07) is 7.49. The normalized spacial score (nSPS) is 36.8. The van der Waals surface area contributed by atoms with Crippen molar-refractivity contribution < 1.29 is 18.6 Å². The summed E-state index contributed by atoms with van der Waals surface area (Å²) in [4.78, 5) is 1.15. The number of aliphatic hydroxyl groups excluding tert-OH is 1. The van der Waals surface area contributed by atoms with Crippen LogP contribution in [0.15, 0.2) is 62.5 Å². The molecule has 8 heteroatoms. The van der Waals surface area contributed by atoms with Gasteiger partial charge in [0.25, 0.3) is 10.0 Å². The second kappa shape index (κ2) is 9.67. The largest absolute Gasteiger partial charge is 0.393 e. The molecule has 0 radical (unpaired) electrons. The zero-order chi connectivity index (χ0) is 26.8. The van der Waals surface area contributed by atoms with Crippen molar-refractivity contribution in [1.82, 2.24) is 4.31 Å². The fourth-order valence-corrected chi connectivity index (χ4v) is 11.5. The van der Waals surface area contributed by atoms with Crippen molar-refractivity contribution >= 4 is 32.7 Å². The molecule has 2 aromatic heterocycles. The van der Waals surface area contributed by atoms with Gasteiger partial charge in [-0.1, -0.05) is 49.3 Å². The topological polar surface area (TPSA) is 77.8 Å². The zero-order valence-electron chi connectivity index (χ0n) is 22.3. The lowest BCUT2D eigenvalue weighted by atomic mass is 9.50. The highest BCUT2D eigenvalue weighted by Crippen LogP contribution is 2.66. The summed E-state index contributed by atoms with van der Waals surface area (Å²) in [7, 11) is -3.71. The Bertz CT molecular complexity index is 1330. The number of aliphatic hydroxyl groups is 2. The molecule has 3 fully saturated rings. The van der Waals surface area contributed by atoms with Gasteiger partial charge in [0.15, 0.2) is 0 Å². The number of nitrogens with zero attached hydrogens (tertiary/aromatic N) is 1. The molecule has 2 heterocycles. The lowest BCUT2D eigenvalue weighted by Gasteiger charge is -2.56. The molecule has 0 aliphatic heterocycles. The summed E-state index contributed by atoms with van der Waals surface area (Å²) < 4.78 is 29.5. The Morgan fingerprint density at radius 1 is 1.00 bits per heavy atom. The van der Waals surface area contributed by atoms with Crippen molar-refractivity contribution in [2.75, 3.05) is 13.1 Å². The van der Waals surface area contributed by atoms with Crippen LogP contribution in [0.1, 0.15) is 63.7 Å². The maximum Gasteiger partial charge on any atom is 0.252 e. The van der Waals surface area contributed by atoms with Gasteiger partial charge < -0.3 is 10.2 Å². The van der Waals surface area contributed by atoms with Crippen LogP contribution in [-0.2, 0) is 16.4 Å². The van der Waals surface area contributed by atoms with Crippen molar-refractivity contribution in [2.24, 2.45) is 22.7 Å². The van der Waals surface area contributed by atoms with Crippen LogP contribution >= 0.6 is 22.7 Å². The molecule has 38 heavy (non-hydrogen) atoms. The molecule has 6 unspecified atom stereocenters. The number of sulfonamides is 1. The van der Waals surface area contributed by atoms with Gasteiger partial charge in [-0.25, -0.2) is 8.42 Å². The van der Waals surface area contributed by atoms with Gasteiger partial charge in [-0.15, -0.1) is 22.7 Å². The Morgan fingerprint density at radius 3 is 2.50 bits per heavy atom. The molecule has 4 aliphatic carbocycles. The maximum absolute atomic E-state index is 13.8. The molecule has 206 valence electrons. The predicted octanol–water partition coefficient (Wildman–Crippen LogP) is 6.02. The highest BCUT2D eigenvalue weighted by molar-refractivity contribution is 7.91. The fraction of sp³-hybridized carbons (Fsp3) is 0.600. The Balaban J connectivity index is 1.30. The van der Waals surface area contributed by atoms with E-state index in [0.29, 0.717) is 29.5 Å². The van der Waals surface area contributed by atoms with E-state index in [9.17, 15) is 18.6 Å². The number of hydrogen-bond donors (Lipinski definition) is 2. The maximum atomic E-state index is 13.8. The van der Waals surface area contributed by atoms with Crippen LogP contribution < -0.4 is 0 Å². The molecule has 4 aliphatic rings. The van der Waals surface area contributed by atoms with Crippen LogP contribution in [0, 0.1) is 22.7 Å². The second-order valence-electron chi connectivity index (χ2n) is 12.4. The summed E-state index contributed by atoms with van der Waals surface area (Å²) in [5.41, 5.74) is 1.45. The molecule has 5 nitrogen and oxygen atoms in total. The molecule has 6 rings (SSSR count). The summed E-state index contributed by atoms with van der Waals surface area (Å²) in [5, 5.41) is 26.5. The van der Waals surface area contributed by atoms with E-state index >= 15 is 0 Å². The first kappa shape index (κ1) is 26.9. The summed E-state index contributed by atoms with van der Waals surface area (Å²) in [5.74, 6) is 0.691. The zero-order valence-corrected chi connectivity index (χ0v) is 24.8. The van der Waals surface area contributed by atoms with Crippen LogP contribution in [0.4, 0.5) is 0 Å². The average Bonchev–Trinajstić information content (AvgIpc) is 3.64. The van der Waals surface area contributed by atoms with E-state index in [0.717, 1.165) is 43.4 Å². The molecule has 0 saturated heterocycles. The first-order valence-electron chi connectivity index (χ1n) is 13.9. The fourth-order valence-electron chi connectivity index (χ4n) is 8.16. The van der Waals surface area contributed by atoms with E-state index in [2.05, 4.69) is 26.0 Å². The molecule has 6 atom stereocenters. The monoisotopic (exact) mass is 573 g/mol. The third-order valence-corrected chi connectivity index (χ3v) is 14.7. The van der Waals surface area contributed by atoms with Gasteiger partial charge in [0.2, 0.25) is 0 Å². The Hall–Kier alpha value is -1.29. The Kier molecular flexibility index (Phi) is 6.85. The van der Waals surface area contributed by atoms with Crippen molar-refractivity contribution in [3.8, 4) is 0 Å². The minimum Gasteiger partial charge on any atom is -0.393 e. The van der Waals surface area contributed by atoms with Gasteiger partial charge in [-0.05, 0) is 91.5 Å². The van der Waals surface area contributed by atoms with E-state index < -0.39 is 15.6 Å². The van der Waals surface area contributed by atoms with Crippen LogP contribution in [0.3, 0.4) is 0 Å². The minimum atomic E-state index is -3.71. The minimum absolute atomic E-state index is 0.0839. The molecular formula is C30H39NO4S3. The van der Waals surface area contributed by atoms with Gasteiger partial charge in [0, 0.05) is 23.4 Å². The van der Waals surface area contributed by atoms with Crippen LogP contribution in [0.5, 0.6) is 0 Å². The average molecular weight is 574 g/mol. The van der Waals surface area contributed by atoms with Crippen molar-refractivity contribution in [3.05, 3.63) is 63.2 Å². The molecular weight excluding hydrogens is 535 g/mol. The third kappa shape index (κ3) is 4.22. The van der Waals surface area contributed by atoms with Crippen molar-refractivity contribution in [1.29, 1.82) is 0 Å². The van der Waals surface area contributed by atoms with Gasteiger partial charge in [0.05, 0.1) is 11.7 Å². The standard InChI is InChI=1S/C30H39NO4S3/c1-28-13-9-22(32)19-21(28)7-8-24-25(28)10-14-29(2)26(24)11-15-30(29,33)20-31(16-12-23-5-3-17-36-23)38(34,35)27-6-4-18-37-27/h3-8,17-18,22,25-26,32-33H,9-16,19-20H2,1-2H3. The number of fused-ring (bicyclic) bond motifs is 5. The van der Waals surface area contributed by atoms with E-state index in [-0.39, 0.29) is 29.4 Å². The van der Waals surface area contributed by atoms with Crippen molar-refractivity contribution in [2.45, 2.75) is 81.1 Å². The highest BCUT2D eigenvalue weighted by Gasteiger charge is 2.62. The highest BCUT2D eigenvalue weighted by atomic mass is 32.2. The molecule has 3 saturated carbocycles. The van der Waals surface area contributed by atoms with E-state index in [1.165, 1.54) is 22.5 Å². The first-order valence-corrected chi connectivity index (χ1v) is 17.1. The van der Waals surface area contributed by atoms with Gasteiger partial charge in [-0.2, -0.15) is 4.31 Å². The predicted molar refractivity (Wildman–Crippen MR) is 154 cm³/mol. The Morgan fingerprint density at radius 2 is 1.76 bits per heavy atom. The van der Waals surface area contributed by atoms with Crippen LogP contribution in [0.2, 0.25) is 0 Å². The van der Waals surface area contributed by atoms with Gasteiger partial charge >= 0.3 is 0 Å². The second-order valence-corrected chi connectivity index (χ2v) is 16.5. The third-order valence-electron chi connectivity index (χ3n) is 10.6. The number of hydrogen-bond acceptors (Lipinski definition) is 6. The van der Waals surface area contributed by atoms with E-state index in [4.69, 9.17) is 0 Å². The number of thiophene rings is 2. The van der Waals surface area contributed by atoms with Gasteiger partial charge in [0.1, 0.15) is 4.21 Å². The number of rotatable bonds is 7. The SMILES string of the molecule is CC12CCC(O)CC1=CC=C1C2CCC2(C)C1CCC2(O)CN(CCc1cccs1)S(=O)(=O)c1cccs1. The molecule has 2 N–H and O–H groups in total. The van der Waals surface area contributed by atoms with Crippen LogP contribution in [-0.4, -0.2) is 47.7 Å². The summed E-state index contributed by atoms with van der Waals surface area (Å²) in [6.45, 7) is 5.09. The number of allylic oxidation sites excluding steroid dienone is 3. The van der Waals surface area contributed by atoms with Gasteiger partial charge in [-0.3, -0.25) is 0 Å². The first-order chi connectivity index (χ1) is 18.1. The Labute approximate surface area is 235 Å². The smallest absolute Gasteiger partial charge is 0.252 e. The van der Waals surface area contributed by atoms with Crippen molar-refractivity contribution in [3.63, 3.8) is 0 Å². The summed E-state index contributed by atoms with van der Waals surface area (Å²) >= 11 is 2.89. The van der Waals surface area contributed by atoms with Crippen LogP contribution in [0.25, 0.3) is 0 Å². The molecule has 0 spiro atoms. The molecule has 0 amide bonds. The molecule has 0 bridgehead atoms. The van der Waals surface area contributed by atoms with E-state index in [1.54, 1.807) is 33.2 Å². The molecule has 0 aromatic carbocycles. The molecule has 2 aromatic rings. The lowest BCUT2D eigenvalue weighted by molar-refractivity contribution is -0.0926. The lowest BCUT2D eigenvalue weighted by Crippen LogP contribution is -2.56. The summed E-state index contributed by atoms with van der Waals surface area (Å²) in [6.07, 6.45) is 11.0. The quantitative estimate of drug-likeness (QED) is 0.425. The van der Waals surface area contributed by atoms with E-state index in [1.807, 2.05) is 17.5 Å².